The Morgan fingerprint density at radius 3 is 2.54 bits per heavy atom. The van der Waals surface area contributed by atoms with E-state index in [-0.39, 0.29) is 5.91 Å². The molecule has 0 bridgehead atoms. The van der Waals surface area contributed by atoms with E-state index in [0.29, 0.717) is 5.92 Å². The topological polar surface area (TPSA) is 50.2 Å². The average molecular weight is 340 g/mol. The van der Waals surface area contributed by atoms with Crippen molar-refractivity contribution in [3.05, 3.63) is 52.0 Å². The third kappa shape index (κ3) is 2.52. The number of aryl methyl sites for hydroxylation is 1. The molecule has 1 aliphatic heterocycles. The molecule has 24 heavy (non-hydrogen) atoms. The number of thiophene rings is 1. The lowest BCUT2D eigenvalue weighted by molar-refractivity contribution is 0.0789. The van der Waals surface area contributed by atoms with Crippen LogP contribution in [-0.2, 0) is 20.1 Å². The molecule has 5 nitrogen and oxygen atoms in total. The molecule has 3 heterocycles. The second-order valence-electron chi connectivity index (χ2n) is 6.56. The van der Waals surface area contributed by atoms with Gasteiger partial charge in [0.25, 0.3) is 5.91 Å². The van der Waals surface area contributed by atoms with Crippen molar-refractivity contribution in [2.24, 2.45) is 7.05 Å². The maximum absolute atomic E-state index is 12.6. The number of benzene rings is 1. The minimum atomic E-state index is -0.0429. The molecule has 0 atom stereocenters. The predicted octanol–water partition coefficient (Wildman–Crippen LogP) is 3.42. The highest BCUT2D eigenvalue weighted by atomic mass is 32.1. The predicted molar refractivity (Wildman–Crippen MR) is 95.8 cm³/mol. The van der Waals surface area contributed by atoms with E-state index in [1.54, 1.807) is 0 Å². The Bertz CT molecular complexity index is 899. The van der Waals surface area contributed by atoms with Crippen LogP contribution in [0.2, 0.25) is 0 Å². The lowest BCUT2D eigenvalue weighted by atomic mass is 10.1. The molecule has 1 N–H and O–H groups in total. The van der Waals surface area contributed by atoms with Gasteiger partial charge in [-0.25, -0.2) is 5.01 Å². The molecular weight excluding hydrogens is 320 g/mol. The summed E-state index contributed by atoms with van der Waals surface area (Å²) in [7, 11) is 1.93. The Morgan fingerprint density at radius 1 is 1.25 bits per heavy atom. The summed E-state index contributed by atoms with van der Waals surface area (Å²) in [6.07, 6.45) is 0. The van der Waals surface area contributed by atoms with Crippen molar-refractivity contribution in [2.75, 3.05) is 0 Å². The van der Waals surface area contributed by atoms with Crippen LogP contribution in [0.1, 0.15) is 46.3 Å². The van der Waals surface area contributed by atoms with Gasteiger partial charge in [-0.15, -0.1) is 11.3 Å². The fraction of sp³-hybridized carbons (Fsp3) is 0.333. The maximum Gasteiger partial charge on any atom is 0.275 e. The van der Waals surface area contributed by atoms with Crippen LogP contribution in [0.3, 0.4) is 0 Å². The first-order valence-corrected chi connectivity index (χ1v) is 8.93. The normalized spacial score (nSPS) is 14.5. The fourth-order valence-electron chi connectivity index (χ4n) is 3.22. The van der Waals surface area contributed by atoms with Crippen LogP contribution in [0.15, 0.2) is 30.3 Å². The Hall–Kier alpha value is -2.18. The van der Waals surface area contributed by atoms with Crippen LogP contribution >= 0.6 is 11.3 Å². The Balaban J connectivity index is 1.55. The SMILES string of the molecule is CC(C)c1nn(C)c2sc(C(=O)NN3Cc4ccccc4C3)cc12. The van der Waals surface area contributed by atoms with Crippen molar-refractivity contribution >= 4 is 27.5 Å². The van der Waals surface area contributed by atoms with E-state index >= 15 is 0 Å². The van der Waals surface area contributed by atoms with Gasteiger partial charge in [0, 0.05) is 25.5 Å². The zero-order valence-electron chi connectivity index (χ0n) is 14.0. The van der Waals surface area contributed by atoms with E-state index in [0.717, 1.165) is 33.9 Å². The van der Waals surface area contributed by atoms with Gasteiger partial charge in [0.05, 0.1) is 10.6 Å². The standard InChI is InChI=1S/C18H20N4OS/c1-11(2)16-14-8-15(24-18(14)21(3)19-16)17(23)20-22-9-12-6-4-5-7-13(12)10-22/h4-8,11H,9-10H2,1-3H3,(H,20,23). The number of hydrogen-bond acceptors (Lipinski definition) is 4. The van der Waals surface area contributed by atoms with Crippen molar-refractivity contribution < 1.29 is 4.79 Å². The molecule has 3 aromatic rings. The summed E-state index contributed by atoms with van der Waals surface area (Å²) in [5, 5.41) is 7.63. The Kier molecular flexibility index (Phi) is 3.66. The molecule has 0 saturated carbocycles. The summed E-state index contributed by atoms with van der Waals surface area (Å²) in [6, 6.07) is 10.3. The summed E-state index contributed by atoms with van der Waals surface area (Å²) in [5.41, 5.74) is 6.64. The highest BCUT2D eigenvalue weighted by Gasteiger charge is 2.23. The number of carbonyl (C=O) groups excluding carboxylic acids is 1. The van der Waals surface area contributed by atoms with Crippen molar-refractivity contribution in [1.29, 1.82) is 0 Å². The molecule has 124 valence electrons. The summed E-state index contributed by atoms with van der Waals surface area (Å²) in [6.45, 7) is 5.76. The first kappa shape index (κ1) is 15.4. The molecular formula is C18H20N4OS. The number of fused-ring (bicyclic) bond motifs is 2. The zero-order chi connectivity index (χ0) is 16.8. The third-order valence-electron chi connectivity index (χ3n) is 4.41. The molecule has 4 rings (SSSR count). The maximum atomic E-state index is 12.6. The summed E-state index contributed by atoms with van der Waals surface area (Å²) < 4.78 is 1.87. The largest absolute Gasteiger partial charge is 0.283 e. The van der Waals surface area contributed by atoms with Gasteiger partial charge in [-0.2, -0.15) is 5.10 Å². The number of carbonyl (C=O) groups is 1. The molecule has 0 radical (unpaired) electrons. The Labute approximate surface area is 144 Å². The van der Waals surface area contributed by atoms with Gasteiger partial charge in [0.2, 0.25) is 0 Å². The van der Waals surface area contributed by atoms with Gasteiger partial charge in [-0.05, 0) is 23.1 Å². The fourth-order valence-corrected chi connectivity index (χ4v) is 4.19. The molecule has 0 aliphatic carbocycles. The molecule has 6 heteroatoms. The number of nitrogens with one attached hydrogen (secondary N) is 1. The van der Waals surface area contributed by atoms with Crippen LogP contribution in [0.25, 0.3) is 10.2 Å². The number of hydrogen-bond donors (Lipinski definition) is 1. The van der Waals surface area contributed by atoms with Crippen molar-refractivity contribution in [3.63, 3.8) is 0 Å². The van der Waals surface area contributed by atoms with E-state index in [4.69, 9.17) is 0 Å². The van der Waals surface area contributed by atoms with Crippen LogP contribution in [0.4, 0.5) is 0 Å². The van der Waals surface area contributed by atoms with Gasteiger partial charge < -0.3 is 0 Å². The number of hydrazine groups is 1. The van der Waals surface area contributed by atoms with E-state index in [2.05, 4.69) is 36.5 Å². The van der Waals surface area contributed by atoms with Gasteiger partial charge in [-0.1, -0.05) is 38.1 Å². The summed E-state index contributed by atoms with van der Waals surface area (Å²) in [5.74, 6) is 0.297. The molecule has 0 unspecified atom stereocenters. The molecule has 2 aromatic heterocycles. The smallest absolute Gasteiger partial charge is 0.275 e. The highest BCUT2D eigenvalue weighted by Crippen LogP contribution is 2.31. The molecule has 0 saturated heterocycles. The first-order valence-electron chi connectivity index (χ1n) is 8.12. The second kappa shape index (κ2) is 5.72. The molecule has 1 aromatic carbocycles. The van der Waals surface area contributed by atoms with Crippen molar-refractivity contribution in [1.82, 2.24) is 20.2 Å². The summed E-state index contributed by atoms with van der Waals surface area (Å²) >= 11 is 1.50. The lowest BCUT2D eigenvalue weighted by Gasteiger charge is -2.15. The van der Waals surface area contributed by atoms with Crippen LogP contribution in [0, 0.1) is 0 Å². The number of aromatic nitrogens is 2. The molecule has 1 aliphatic rings. The van der Waals surface area contributed by atoms with Gasteiger partial charge in [-0.3, -0.25) is 14.9 Å². The van der Waals surface area contributed by atoms with Crippen LogP contribution < -0.4 is 5.43 Å². The van der Waals surface area contributed by atoms with E-state index in [9.17, 15) is 4.79 Å². The Morgan fingerprint density at radius 2 is 1.92 bits per heavy atom. The van der Waals surface area contributed by atoms with Crippen LogP contribution in [0.5, 0.6) is 0 Å². The first-order chi connectivity index (χ1) is 11.5. The summed E-state index contributed by atoms with van der Waals surface area (Å²) in [4.78, 5) is 14.4. The monoisotopic (exact) mass is 340 g/mol. The van der Waals surface area contributed by atoms with E-state index in [1.807, 2.05) is 34.9 Å². The third-order valence-corrected chi connectivity index (χ3v) is 5.61. The van der Waals surface area contributed by atoms with Crippen molar-refractivity contribution in [2.45, 2.75) is 32.9 Å². The quantitative estimate of drug-likeness (QED) is 0.795. The van der Waals surface area contributed by atoms with Gasteiger partial charge in [0.15, 0.2) is 0 Å². The lowest BCUT2D eigenvalue weighted by Crippen LogP contribution is -2.37. The van der Waals surface area contributed by atoms with Gasteiger partial charge in [0.1, 0.15) is 4.83 Å². The van der Waals surface area contributed by atoms with E-state index < -0.39 is 0 Å². The van der Waals surface area contributed by atoms with E-state index in [1.165, 1.54) is 22.5 Å². The molecule has 0 fully saturated rings. The zero-order valence-corrected chi connectivity index (χ0v) is 14.9. The second-order valence-corrected chi connectivity index (χ2v) is 7.59. The highest BCUT2D eigenvalue weighted by molar-refractivity contribution is 7.20. The number of nitrogens with zero attached hydrogens (tertiary/aromatic N) is 3. The number of rotatable bonds is 3. The average Bonchev–Trinajstić information content (AvgIpc) is 3.21. The van der Waals surface area contributed by atoms with Crippen molar-refractivity contribution in [3.8, 4) is 0 Å². The minimum Gasteiger partial charge on any atom is -0.283 e. The molecule has 0 spiro atoms. The van der Waals surface area contributed by atoms with Gasteiger partial charge >= 0.3 is 0 Å². The number of amides is 1. The van der Waals surface area contributed by atoms with Crippen LogP contribution in [-0.4, -0.2) is 20.7 Å². The minimum absolute atomic E-state index is 0.0429. The molecule has 1 amide bonds.